The quantitative estimate of drug-likeness (QED) is 0.507. The lowest BCUT2D eigenvalue weighted by molar-refractivity contribution is -0.131. The predicted molar refractivity (Wildman–Crippen MR) is 87.5 cm³/mol. The van der Waals surface area contributed by atoms with E-state index in [0.717, 1.165) is 6.07 Å². The number of carboxylic acids is 1. The highest BCUT2D eigenvalue weighted by atomic mass is 19.1. The van der Waals surface area contributed by atoms with Crippen molar-refractivity contribution in [1.82, 2.24) is 4.57 Å². The molecule has 0 unspecified atom stereocenters. The Balaban J connectivity index is 2.44. The number of nitrogens with one attached hydrogen (secondary N) is 1. The van der Waals surface area contributed by atoms with Gasteiger partial charge < -0.3 is 15.0 Å². The lowest BCUT2D eigenvalue weighted by atomic mass is 10.1. The first-order valence-corrected chi connectivity index (χ1v) is 7.10. The van der Waals surface area contributed by atoms with E-state index in [1.807, 2.05) is 0 Å². The van der Waals surface area contributed by atoms with E-state index < -0.39 is 23.5 Å². The Hall–Kier alpha value is -3.47. The smallest absolute Gasteiger partial charge is 0.378 e. The minimum absolute atomic E-state index is 0.0869. The van der Waals surface area contributed by atoms with E-state index in [4.69, 9.17) is 11.7 Å². The largest absolute Gasteiger partial charge is 0.475 e. The van der Waals surface area contributed by atoms with Crippen LogP contribution in [0.2, 0.25) is 0 Å². The summed E-state index contributed by atoms with van der Waals surface area (Å²) in [5.74, 6) is -4.01. The first-order valence-electron chi connectivity index (χ1n) is 7.10. The van der Waals surface area contributed by atoms with Gasteiger partial charge in [0, 0.05) is 18.4 Å². The van der Waals surface area contributed by atoms with Crippen molar-refractivity contribution in [3.8, 4) is 0 Å². The number of amides is 1. The molecular formula is C17H14FN3O4. The van der Waals surface area contributed by atoms with Gasteiger partial charge in [-0.25, -0.2) is 14.0 Å². The number of hydrogen-bond donors (Lipinski definition) is 2. The van der Waals surface area contributed by atoms with Crippen LogP contribution in [0.5, 0.6) is 0 Å². The molecule has 1 heterocycles. The Bertz CT molecular complexity index is 954. The maximum absolute atomic E-state index is 13.4. The standard InChI is InChI=1S/C17H14FN3O4/c1-8-13(9(2)21(4)14(8)15(22)17(24)25)16(23)20-10-5-6-11(18)12(7-10)19-3/h5-7H,1-2,4H3,(H,20,23)(H,24,25). The summed E-state index contributed by atoms with van der Waals surface area (Å²) in [6, 6.07) is 3.56. The number of benzene rings is 1. The molecule has 0 aliphatic heterocycles. The van der Waals surface area contributed by atoms with Crippen molar-refractivity contribution < 1.29 is 23.9 Å². The van der Waals surface area contributed by atoms with Crippen molar-refractivity contribution in [3.05, 3.63) is 57.9 Å². The van der Waals surface area contributed by atoms with Crippen molar-refractivity contribution in [1.29, 1.82) is 0 Å². The van der Waals surface area contributed by atoms with E-state index in [2.05, 4.69) is 10.2 Å². The molecule has 1 aromatic carbocycles. The summed E-state index contributed by atoms with van der Waals surface area (Å²) in [6.07, 6.45) is 0. The summed E-state index contributed by atoms with van der Waals surface area (Å²) in [7, 11) is 1.49. The van der Waals surface area contributed by atoms with Gasteiger partial charge in [-0.1, -0.05) is 0 Å². The lowest BCUT2D eigenvalue weighted by Crippen LogP contribution is -2.17. The number of rotatable bonds is 4. The zero-order valence-electron chi connectivity index (χ0n) is 13.7. The minimum Gasteiger partial charge on any atom is -0.475 e. The van der Waals surface area contributed by atoms with Crippen molar-refractivity contribution in [2.24, 2.45) is 7.05 Å². The maximum atomic E-state index is 13.4. The second-order valence-electron chi connectivity index (χ2n) is 5.36. The van der Waals surface area contributed by atoms with Crippen LogP contribution < -0.4 is 5.32 Å². The SMILES string of the molecule is [C-]#[N+]c1cc(NC(=O)c2c(C)c(C(=O)C(=O)O)n(C)c2C)ccc1F. The number of carboxylic acid groups (broad SMARTS) is 1. The third kappa shape index (κ3) is 3.12. The highest BCUT2D eigenvalue weighted by molar-refractivity contribution is 6.40. The number of carbonyl (C=O) groups is 3. The Morgan fingerprint density at radius 1 is 1.28 bits per heavy atom. The van der Waals surface area contributed by atoms with Crippen LogP contribution in [0.25, 0.3) is 4.85 Å². The van der Waals surface area contributed by atoms with Gasteiger partial charge in [0.15, 0.2) is 0 Å². The molecule has 2 aromatic rings. The monoisotopic (exact) mass is 343 g/mol. The molecule has 7 nitrogen and oxygen atoms in total. The Kier molecular flexibility index (Phi) is 4.70. The molecule has 0 bridgehead atoms. The fraction of sp³-hybridized carbons (Fsp3) is 0.176. The predicted octanol–water partition coefficient (Wildman–Crippen LogP) is 2.85. The highest BCUT2D eigenvalue weighted by Gasteiger charge is 2.28. The summed E-state index contributed by atoms with van der Waals surface area (Å²) in [5.41, 5.74) is 0.689. The van der Waals surface area contributed by atoms with Gasteiger partial charge in [-0.05, 0) is 37.6 Å². The van der Waals surface area contributed by atoms with Gasteiger partial charge in [0.25, 0.3) is 11.7 Å². The van der Waals surface area contributed by atoms with Crippen LogP contribution in [0.3, 0.4) is 0 Å². The van der Waals surface area contributed by atoms with Crippen LogP contribution >= 0.6 is 0 Å². The zero-order chi connectivity index (χ0) is 18.9. The van der Waals surface area contributed by atoms with Crippen molar-refractivity contribution in [2.45, 2.75) is 13.8 Å². The molecule has 1 amide bonds. The molecule has 0 fully saturated rings. The number of carbonyl (C=O) groups excluding carboxylic acids is 2. The molecule has 0 saturated heterocycles. The van der Waals surface area contributed by atoms with Crippen molar-refractivity contribution in [3.63, 3.8) is 0 Å². The van der Waals surface area contributed by atoms with E-state index in [-0.39, 0.29) is 28.2 Å². The molecule has 0 saturated carbocycles. The fourth-order valence-corrected chi connectivity index (χ4v) is 2.60. The summed E-state index contributed by atoms with van der Waals surface area (Å²) in [4.78, 5) is 38.3. The number of aliphatic carboxylic acids is 1. The Labute approximate surface area is 142 Å². The van der Waals surface area contributed by atoms with Crippen LogP contribution in [-0.4, -0.2) is 27.3 Å². The van der Waals surface area contributed by atoms with E-state index in [9.17, 15) is 18.8 Å². The molecule has 0 aliphatic rings. The van der Waals surface area contributed by atoms with Crippen LogP contribution in [0.15, 0.2) is 18.2 Å². The molecule has 1 aromatic heterocycles. The van der Waals surface area contributed by atoms with Gasteiger partial charge in [-0.2, -0.15) is 0 Å². The summed E-state index contributed by atoms with van der Waals surface area (Å²) in [5, 5.41) is 11.4. The molecule has 25 heavy (non-hydrogen) atoms. The molecular weight excluding hydrogens is 329 g/mol. The first kappa shape index (κ1) is 17.9. The number of nitrogens with zero attached hydrogens (tertiary/aromatic N) is 2. The molecule has 0 aliphatic carbocycles. The van der Waals surface area contributed by atoms with Crippen LogP contribution in [0.4, 0.5) is 15.8 Å². The maximum Gasteiger partial charge on any atom is 0.378 e. The number of hydrogen-bond acceptors (Lipinski definition) is 3. The third-order valence-electron chi connectivity index (χ3n) is 3.89. The van der Waals surface area contributed by atoms with Crippen LogP contribution in [-0.2, 0) is 11.8 Å². The van der Waals surface area contributed by atoms with E-state index >= 15 is 0 Å². The summed E-state index contributed by atoms with van der Waals surface area (Å²) < 4.78 is 14.7. The second kappa shape index (κ2) is 6.57. The summed E-state index contributed by atoms with van der Waals surface area (Å²) >= 11 is 0. The first-order chi connectivity index (χ1) is 11.7. The van der Waals surface area contributed by atoms with E-state index in [0.29, 0.717) is 5.69 Å². The normalized spacial score (nSPS) is 10.2. The van der Waals surface area contributed by atoms with Gasteiger partial charge >= 0.3 is 5.97 Å². The Morgan fingerprint density at radius 2 is 1.92 bits per heavy atom. The van der Waals surface area contributed by atoms with E-state index in [1.54, 1.807) is 6.92 Å². The zero-order valence-corrected chi connectivity index (χ0v) is 13.7. The van der Waals surface area contributed by atoms with Gasteiger partial charge in [0.1, 0.15) is 11.5 Å². The molecule has 0 atom stereocenters. The molecule has 128 valence electrons. The molecule has 0 radical (unpaired) electrons. The minimum atomic E-state index is -1.61. The van der Waals surface area contributed by atoms with Gasteiger partial charge in [0.05, 0.1) is 12.1 Å². The van der Waals surface area contributed by atoms with E-state index in [1.165, 1.54) is 30.7 Å². The Morgan fingerprint density at radius 3 is 2.48 bits per heavy atom. The second-order valence-corrected chi connectivity index (χ2v) is 5.36. The van der Waals surface area contributed by atoms with Crippen molar-refractivity contribution >= 4 is 29.0 Å². The van der Waals surface area contributed by atoms with Crippen LogP contribution in [0, 0.1) is 26.2 Å². The van der Waals surface area contributed by atoms with Crippen LogP contribution in [0.1, 0.15) is 32.1 Å². The summed E-state index contributed by atoms with van der Waals surface area (Å²) in [6.45, 7) is 9.95. The fourth-order valence-electron chi connectivity index (χ4n) is 2.60. The number of anilines is 1. The average molecular weight is 343 g/mol. The molecule has 2 N–H and O–H groups in total. The van der Waals surface area contributed by atoms with Gasteiger partial charge in [-0.3, -0.25) is 9.59 Å². The topological polar surface area (TPSA) is 92.8 Å². The van der Waals surface area contributed by atoms with Gasteiger partial charge in [0.2, 0.25) is 5.69 Å². The third-order valence-corrected chi connectivity index (χ3v) is 3.89. The molecule has 8 heteroatoms. The average Bonchev–Trinajstić information content (AvgIpc) is 2.78. The number of halogens is 1. The number of ketones is 1. The molecule has 0 spiro atoms. The lowest BCUT2D eigenvalue weighted by Gasteiger charge is -2.07. The number of aromatic nitrogens is 1. The number of Topliss-reactive ketones (excluding diaryl/α,β-unsaturated/α-hetero) is 1. The van der Waals surface area contributed by atoms with Gasteiger partial charge in [-0.15, -0.1) is 0 Å². The molecule has 2 rings (SSSR count). The van der Waals surface area contributed by atoms with Crippen molar-refractivity contribution in [2.75, 3.05) is 5.32 Å². The highest BCUT2D eigenvalue weighted by Crippen LogP contribution is 2.25.